The van der Waals surface area contributed by atoms with E-state index in [4.69, 9.17) is 19.2 Å². The van der Waals surface area contributed by atoms with Crippen LogP contribution < -0.4 is 19.5 Å². The summed E-state index contributed by atoms with van der Waals surface area (Å²) in [5.74, 6) is 1.52. The van der Waals surface area contributed by atoms with Gasteiger partial charge in [0.05, 0.1) is 25.1 Å². The monoisotopic (exact) mass is 657 g/mol. The number of benzene rings is 2. The summed E-state index contributed by atoms with van der Waals surface area (Å²) in [6.07, 6.45) is 6.53. The number of nitrogens with one attached hydrogen (secondary N) is 1. The van der Waals surface area contributed by atoms with Crippen LogP contribution in [-0.4, -0.2) is 57.4 Å². The van der Waals surface area contributed by atoms with Crippen LogP contribution in [0.3, 0.4) is 0 Å². The van der Waals surface area contributed by atoms with Crippen molar-refractivity contribution in [2.45, 2.75) is 50.9 Å². The zero-order valence-corrected chi connectivity index (χ0v) is 27.5. The standard InChI is InChI=1S/C34H35N5O5S2/c1-21-15-22(2)36-34(35-21)46-19-31(40)39(17-30-38-27(18-45-30)23-9-12-26(42-3)13-10-23)32(24-7-5-4-6-8-24)33(41)37-25-11-14-28-29(16-25)44-20-43-28/h4-5,9-16,18,24,32H,6-8,17,19-20H2,1-3H3,(H,37,41). The van der Waals surface area contributed by atoms with E-state index >= 15 is 0 Å². The second kappa shape index (κ2) is 14.3. The third-order valence-electron chi connectivity index (χ3n) is 7.85. The highest BCUT2D eigenvalue weighted by atomic mass is 32.2. The van der Waals surface area contributed by atoms with Gasteiger partial charge in [-0.2, -0.15) is 0 Å². The van der Waals surface area contributed by atoms with Crippen LogP contribution >= 0.6 is 23.1 Å². The molecule has 0 bridgehead atoms. The zero-order valence-electron chi connectivity index (χ0n) is 25.9. The van der Waals surface area contributed by atoms with Crippen LogP contribution in [-0.2, 0) is 16.1 Å². The molecule has 2 aliphatic rings. The van der Waals surface area contributed by atoms with E-state index in [2.05, 4.69) is 27.4 Å². The van der Waals surface area contributed by atoms with Crippen molar-refractivity contribution in [3.8, 4) is 28.5 Å². The first kappa shape index (κ1) is 31.6. The summed E-state index contributed by atoms with van der Waals surface area (Å²) in [4.78, 5) is 44.0. The molecule has 0 fully saturated rings. The molecule has 1 aliphatic heterocycles. The van der Waals surface area contributed by atoms with Crippen LogP contribution in [0, 0.1) is 19.8 Å². The van der Waals surface area contributed by atoms with Crippen molar-refractivity contribution >= 4 is 40.6 Å². The molecule has 0 saturated heterocycles. The lowest BCUT2D eigenvalue weighted by molar-refractivity contribution is -0.139. The van der Waals surface area contributed by atoms with Gasteiger partial charge in [-0.05, 0) is 81.5 Å². The lowest BCUT2D eigenvalue weighted by atomic mass is 9.86. The van der Waals surface area contributed by atoms with E-state index in [1.165, 1.54) is 23.1 Å². The number of fused-ring (bicyclic) bond motifs is 1. The predicted octanol–water partition coefficient (Wildman–Crippen LogP) is 6.44. The first-order valence-electron chi connectivity index (χ1n) is 15.0. The lowest BCUT2D eigenvalue weighted by Crippen LogP contribution is -2.51. The summed E-state index contributed by atoms with van der Waals surface area (Å²) in [6, 6.07) is 14.2. The van der Waals surface area contributed by atoms with Gasteiger partial charge in [0.1, 0.15) is 16.8 Å². The Labute approximate surface area is 276 Å². The molecule has 4 aromatic rings. The number of amides is 2. The summed E-state index contributed by atoms with van der Waals surface area (Å²) in [5.41, 5.74) is 3.99. The van der Waals surface area contributed by atoms with Gasteiger partial charge in [-0.25, -0.2) is 15.0 Å². The predicted molar refractivity (Wildman–Crippen MR) is 178 cm³/mol. The topological polar surface area (TPSA) is 116 Å². The van der Waals surface area contributed by atoms with Crippen LogP contribution in [0.1, 0.15) is 35.7 Å². The fourth-order valence-electron chi connectivity index (χ4n) is 5.64. The smallest absolute Gasteiger partial charge is 0.247 e. The molecule has 0 saturated carbocycles. The minimum absolute atomic E-state index is 0.0774. The lowest BCUT2D eigenvalue weighted by Gasteiger charge is -2.36. The van der Waals surface area contributed by atoms with Gasteiger partial charge in [-0.15, -0.1) is 11.3 Å². The molecule has 1 N–H and O–H groups in total. The normalized spacial score (nSPS) is 15.8. The Morgan fingerprint density at radius 3 is 2.57 bits per heavy atom. The number of aromatic nitrogens is 3. The number of rotatable bonds is 11. The molecule has 0 spiro atoms. The van der Waals surface area contributed by atoms with Crippen molar-refractivity contribution in [2.75, 3.05) is 25.0 Å². The molecule has 238 valence electrons. The third kappa shape index (κ3) is 7.51. The van der Waals surface area contributed by atoms with E-state index in [0.717, 1.165) is 46.2 Å². The van der Waals surface area contributed by atoms with E-state index in [9.17, 15) is 9.59 Å². The van der Waals surface area contributed by atoms with Crippen molar-refractivity contribution in [3.63, 3.8) is 0 Å². The van der Waals surface area contributed by atoms with Crippen LogP contribution in [0.25, 0.3) is 11.3 Å². The average Bonchev–Trinajstić information content (AvgIpc) is 3.73. The number of hydrogen-bond acceptors (Lipinski definition) is 10. The molecular weight excluding hydrogens is 623 g/mol. The fourth-order valence-corrected chi connectivity index (χ4v) is 7.27. The molecule has 12 heteroatoms. The van der Waals surface area contributed by atoms with E-state index in [-0.39, 0.29) is 36.8 Å². The minimum Gasteiger partial charge on any atom is -0.497 e. The number of allylic oxidation sites excluding steroid dienone is 2. The number of hydrogen-bond donors (Lipinski definition) is 1. The Morgan fingerprint density at radius 2 is 1.83 bits per heavy atom. The van der Waals surface area contributed by atoms with Crippen molar-refractivity contribution in [3.05, 3.63) is 82.5 Å². The number of aryl methyl sites for hydroxylation is 2. The first-order chi connectivity index (χ1) is 22.4. The Bertz CT molecular complexity index is 1720. The summed E-state index contributed by atoms with van der Waals surface area (Å²) in [6.45, 7) is 4.14. The molecule has 2 atom stereocenters. The van der Waals surface area contributed by atoms with E-state index in [1.807, 2.05) is 49.6 Å². The first-order valence-corrected chi connectivity index (χ1v) is 16.9. The number of methoxy groups -OCH3 is 1. The van der Waals surface area contributed by atoms with Crippen LogP contribution in [0.5, 0.6) is 17.2 Å². The molecule has 2 amide bonds. The molecule has 0 radical (unpaired) electrons. The molecule has 2 aromatic heterocycles. The van der Waals surface area contributed by atoms with E-state index in [1.54, 1.807) is 30.2 Å². The largest absolute Gasteiger partial charge is 0.497 e. The second-order valence-electron chi connectivity index (χ2n) is 11.1. The SMILES string of the molecule is COc1ccc(-c2csc(CN(C(=O)CSc3nc(C)cc(C)n3)C(C(=O)Nc3ccc4c(c3)OCO4)C3CC=CCC3)n2)cc1. The molecule has 2 unspecified atom stereocenters. The number of anilines is 1. The maximum Gasteiger partial charge on any atom is 0.247 e. The van der Waals surface area contributed by atoms with Crippen LogP contribution in [0.2, 0.25) is 0 Å². The van der Waals surface area contributed by atoms with E-state index < -0.39 is 6.04 Å². The third-order valence-corrected chi connectivity index (χ3v) is 9.52. The molecular formula is C34H35N5O5S2. The van der Waals surface area contributed by atoms with E-state index in [0.29, 0.717) is 28.8 Å². The molecule has 2 aromatic carbocycles. The number of nitrogens with zero attached hydrogens (tertiary/aromatic N) is 4. The highest BCUT2D eigenvalue weighted by molar-refractivity contribution is 7.99. The number of carbonyl (C=O) groups is 2. The van der Waals surface area contributed by atoms with Crippen molar-refractivity contribution in [1.29, 1.82) is 0 Å². The van der Waals surface area contributed by atoms with Crippen LogP contribution in [0.15, 0.2) is 71.2 Å². The molecule has 46 heavy (non-hydrogen) atoms. The summed E-state index contributed by atoms with van der Waals surface area (Å²) < 4.78 is 16.3. The Morgan fingerprint density at radius 1 is 1.04 bits per heavy atom. The second-order valence-corrected chi connectivity index (χ2v) is 13.0. The molecule has 6 rings (SSSR count). The Kier molecular flexibility index (Phi) is 9.84. The zero-order chi connectivity index (χ0) is 32.0. The highest BCUT2D eigenvalue weighted by Crippen LogP contribution is 2.35. The number of ether oxygens (including phenoxy) is 3. The van der Waals surface area contributed by atoms with Gasteiger partial charge in [0, 0.05) is 34.1 Å². The summed E-state index contributed by atoms with van der Waals surface area (Å²) in [5, 5.41) is 6.31. The van der Waals surface area contributed by atoms with Crippen molar-refractivity contribution in [2.24, 2.45) is 5.92 Å². The van der Waals surface area contributed by atoms with Gasteiger partial charge in [-0.1, -0.05) is 23.9 Å². The maximum atomic E-state index is 14.2. The number of carbonyl (C=O) groups excluding carboxylic acids is 2. The van der Waals surface area contributed by atoms with Crippen molar-refractivity contribution < 1.29 is 23.8 Å². The van der Waals surface area contributed by atoms with Gasteiger partial charge >= 0.3 is 0 Å². The number of thioether (sulfide) groups is 1. The van der Waals surface area contributed by atoms with Gasteiger partial charge in [0.15, 0.2) is 16.7 Å². The van der Waals surface area contributed by atoms with Crippen LogP contribution in [0.4, 0.5) is 5.69 Å². The quantitative estimate of drug-likeness (QED) is 0.111. The highest BCUT2D eigenvalue weighted by Gasteiger charge is 2.37. The van der Waals surface area contributed by atoms with Gasteiger partial charge in [0.2, 0.25) is 18.6 Å². The maximum absolute atomic E-state index is 14.2. The molecule has 3 heterocycles. The number of thiazole rings is 1. The fraction of sp³-hybridized carbons (Fsp3) is 0.324. The molecule has 1 aliphatic carbocycles. The average molecular weight is 658 g/mol. The van der Waals surface area contributed by atoms with Gasteiger partial charge in [-0.3, -0.25) is 9.59 Å². The van der Waals surface area contributed by atoms with Gasteiger partial charge in [0.25, 0.3) is 0 Å². The minimum atomic E-state index is -0.739. The van der Waals surface area contributed by atoms with Crippen molar-refractivity contribution in [1.82, 2.24) is 19.9 Å². The van der Waals surface area contributed by atoms with Gasteiger partial charge < -0.3 is 24.4 Å². The Hall–Kier alpha value is -4.42. The molecule has 10 nitrogen and oxygen atoms in total. The summed E-state index contributed by atoms with van der Waals surface area (Å²) in [7, 11) is 1.63. The Balaban J connectivity index is 1.30. The summed E-state index contributed by atoms with van der Waals surface area (Å²) >= 11 is 2.74.